The second kappa shape index (κ2) is 5.09. The van der Waals surface area contributed by atoms with Crippen molar-refractivity contribution in [1.29, 1.82) is 0 Å². The number of aliphatic hydroxyl groups excluding tert-OH is 1. The minimum absolute atomic E-state index is 0.0869. The van der Waals surface area contributed by atoms with E-state index in [2.05, 4.69) is 0 Å². The predicted molar refractivity (Wildman–Crippen MR) is 72.5 cm³/mol. The molecule has 1 aromatic carbocycles. The van der Waals surface area contributed by atoms with Crippen molar-refractivity contribution in [3.63, 3.8) is 0 Å². The number of benzene rings is 1. The maximum atomic E-state index is 13.3. The minimum atomic E-state index is -2.99. The normalized spacial score (nSPS) is 24.2. The van der Waals surface area contributed by atoms with E-state index in [1.807, 2.05) is 11.8 Å². The molecular weight excluding hydrogens is 269 g/mol. The molecule has 1 N–H and O–H groups in total. The van der Waals surface area contributed by atoms with Gasteiger partial charge in [-0.05, 0) is 32.0 Å². The molecule has 2 unspecified atom stereocenters. The molecule has 0 aliphatic carbocycles. The van der Waals surface area contributed by atoms with Gasteiger partial charge in [0.1, 0.15) is 5.82 Å². The SMILES string of the molecule is CC(O)c1cc(F)ccc1N1CCS(=O)(=O)CC1C. The number of rotatable bonds is 2. The fourth-order valence-corrected chi connectivity index (χ4v) is 4.03. The van der Waals surface area contributed by atoms with Gasteiger partial charge in [0.15, 0.2) is 9.84 Å². The van der Waals surface area contributed by atoms with Crippen LogP contribution in [0.15, 0.2) is 18.2 Å². The fourth-order valence-electron chi connectivity index (χ4n) is 2.48. The zero-order valence-corrected chi connectivity index (χ0v) is 11.8. The molecule has 0 bridgehead atoms. The Morgan fingerprint density at radius 1 is 1.47 bits per heavy atom. The molecule has 0 saturated carbocycles. The molecule has 19 heavy (non-hydrogen) atoms. The van der Waals surface area contributed by atoms with E-state index in [9.17, 15) is 17.9 Å². The molecule has 2 rings (SSSR count). The third-order valence-electron chi connectivity index (χ3n) is 3.42. The minimum Gasteiger partial charge on any atom is -0.389 e. The highest BCUT2D eigenvalue weighted by atomic mass is 32.2. The molecule has 0 aromatic heterocycles. The van der Waals surface area contributed by atoms with Crippen molar-refractivity contribution in [1.82, 2.24) is 0 Å². The first kappa shape index (κ1) is 14.3. The fraction of sp³-hybridized carbons (Fsp3) is 0.538. The third-order valence-corrected chi connectivity index (χ3v) is 5.21. The van der Waals surface area contributed by atoms with Gasteiger partial charge in [0, 0.05) is 23.8 Å². The molecule has 0 spiro atoms. The lowest BCUT2D eigenvalue weighted by atomic mass is 10.1. The molecule has 106 valence electrons. The topological polar surface area (TPSA) is 57.6 Å². The van der Waals surface area contributed by atoms with Crippen molar-refractivity contribution >= 4 is 15.5 Å². The lowest BCUT2D eigenvalue weighted by molar-refractivity contribution is 0.199. The van der Waals surface area contributed by atoms with Crippen LogP contribution in [-0.2, 0) is 9.84 Å². The van der Waals surface area contributed by atoms with Crippen molar-refractivity contribution in [3.05, 3.63) is 29.6 Å². The lowest BCUT2D eigenvalue weighted by Crippen LogP contribution is -2.47. The van der Waals surface area contributed by atoms with E-state index in [0.717, 1.165) is 0 Å². The summed E-state index contributed by atoms with van der Waals surface area (Å²) in [5.74, 6) is -0.227. The van der Waals surface area contributed by atoms with E-state index in [1.165, 1.54) is 12.1 Å². The Kier molecular flexibility index (Phi) is 3.82. The van der Waals surface area contributed by atoms with Gasteiger partial charge in [0.2, 0.25) is 0 Å². The molecule has 0 amide bonds. The Morgan fingerprint density at radius 2 is 2.16 bits per heavy atom. The number of hydrogen-bond donors (Lipinski definition) is 1. The van der Waals surface area contributed by atoms with Crippen molar-refractivity contribution in [2.45, 2.75) is 26.0 Å². The molecule has 1 aliphatic heterocycles. The van der Waals surface area contributed by atoms with Gasteiger partial charge in [-0.15, -0.1) is 0 Å². The number of aliphatic hydroxyl groups is 1. The van der Waals surface area contributed by atoms with Gasteiger partial charge in [-0.25, -0.2) is 12.8 Å². The van der Waals surface area contributed by atoms with Crippen LogP contribution in [0, 0.1) is 5.82 Å². The van der Waals surface area contributed by atoms with E-state index >= 15 is 0 Å². The number of halogens is 1. The summed E-state index contributed by atoms with van der Waals surface area (Å²) in [4.78, 5) is 1.92. The second-order valence-corrected chi connectivity index (χ2v) is 7.26. The van der Waals surface area contributed by atoms with E-state index in [-0.39, 0.29) is 17.5 Å². The summed E-state index contributed by atoms with van der Waals surface area (Å²) in [6.07, 6.45) is -0.795. The van der Waals surface area contributed by atoms with Gasteiger partial charge >= 0.3 is 0 Å². The summed E-state index contributed by atoms with van der Waals surface area (Å²) in [5, 5.41) is 9.74. The average molecular weight is 287 g/mol. The smallest absolute Gasteiger partial charge is 0.154 e. The maximum absolute atomic E-state index is 13.3. The Bertz CT molecular complexity index is 571. The van der Waals surface area contributed by atoms with Crippen LogP contribution < -0.4 is 4.90 Å². The van der Waals surface area contributed by atoms with Crippen molar-refractivity contribution in [2.75, 3.05) is 23.0 Å². The van der Waals surface area contributed by atoms with Gasteiger partial charge in [-0.3, -0.25) is 0 Å². The van der Waals surface area contributed by atoms with Crippen LogP contribution in [0.25, 0.3) is 0 Å². The van der Waals surface area contributed by atoms with E-state index in [0.29, 0.717) is 17.8 Å². The van der Waals surface area contributed by atoms with Crippen molar-refractivity contribution in [3.8, 4) is 0 Å². The van der Waals surface area contributed by atoms with Gasteiger partial charge < -0.3 is 10.0 Å². The zero-order chi connectivity index (χ0) is 14.2. The number of hydrogen-bond acceptors (Lipinski definition) is 4. The van der Waals surface area contributed by atoms with E-state index in [1.54, 1.807) is 13.0 Å². The molecule has 1 fully saturated rings. The summed E-state index contributed by atoms with van der Waals surface area (Å²) < 4.78 is 36.4. The molecule has 1 aromatic rings. The first-order chi connectivity index (χ1) is 8.80. The highest BCUT2D eigenvalue weighted by Crippen LogP contribution is 2.30. The van der Waals surface area contributed by atoms with Crippen LogP contribution in [0.2, 0.25) is 0 Å². The summed E-state index contributed by atoms with van der Waals surface area (Å²) in [6.45, 7) is 3.77. The number of nitrogens with zero attached hydrogens (tertiary/aromatic N) is 1. The molecule has 1 heterocycles. The first-order valence-corrected chi connectivity index (χ1v) is 8.07. The largest absolute Gasteiger partial charge is 0.389 e. The summed E-state index contributed by atoms with van der Waals surface area (Å²) in [5.41, 5.74) is 1.20. The van der Waals surface area contributed by atoms with E-state index < -0.39 is 21.8 Å². The van der Waals surface area contributed by atoms with Gasteiger partial charge in [-0.1, -0.05) is 0 Å². The van der Waals surface area contributed by atoms with Gasteiger partial charge in [0.25, 0.3) is 0 Å². The van der Waals surface area contributed by atoms with Crippen molar-refractivity contribution in [2.24, 2.45) is 0 Å². The Balaban J connectivity index is 2.37. The van der Waals surface area contributed by atoms with Crippen LogP contribution in [0.5, 0.6) is 0 Å². The lowest BCUT2D eigenvalue weighted by Gasteiger charge is -2.36. The molecule has 1 saturated heterocycles. The highest BCUT2D eigenvalue weighted by Gasteiger charge is 2.29. The van der Waals surface area contributed by atoms with Crippen LogP contribution >= 0.6 is 0 Å². The van der Waals surface area contributed by atoms with Crippen LogP contribution in [-0.4, -0.2) is 37.6 Å². The third kappa shape index (κ3) is 3.06. The Labute approximate surface area is 112 Å². The quantitative estimate of drug-likeness (QED) is 0.895. The highest BCUT2D eigenvalue weighted by molar-refractivity contribution is 7.91. The number of anilines is 1. The van der Waals surface area contributed by atoms with Crippen LogP contribution in [0.3, 0.4) is 0 Å². The molecule has 0 radical (unpaired) electrons. The summed E-state index contributed by atoms with van der Waals surface area (Å²) >= 11 is 0. The second-order valence-electron chi connectivity index (χ2n) is 5.04. The first-order valence-electron chi connectivity index (χ1n) is 6.25. The Morgan fingerprint density at radius 3 is 2.74 bits per heavy atom. The molecule has 4 nitrogen and oxygen atoms in total. The summed E-state index contributed by atoms with van der Waals surface area (Å²) in [6, 6.07) is 4.06. The predicted octanol–water partition coefficient (Wildman–Crippen LogP) is 1.50. The van der Waals surface area contributed by atoms with Gasteiger partial charge in [0.05, 0.1) is 17.6 Å². The van der Waals surface area contributed by atoms with Crippen LogP contribution in [0.1, 0.15) is 25.5 Å². The van der Waals surface area contributed by atoms with Crippen LogP contribution in [0.4, 0.5) is 10.1 Å². The van der Waals surface area contributed by atoms with E-state index in [4.69, 9.17) is 0 Å². The maximum Gasteiger partial charge on any atom is 0.154 e. The zero-order valence-electron chi connectivity index (χ0n) is 11.0. The summed E-state index contributed by atoms with van der Waals surface area (Å²) in [7, 11) is -2.99. The molecule has 2 atom stereocenters. The molecular formula is C13H18FNO3S. The van der Waals surface area contributed by atoms with Gasteiger partial charge in [-0.2, -0.15) is 0 Å². The molecule has 1 aliphatic rings. The average Bonchev–Trinajstić information content (AvgIpc) is 2.28. The van der Waals surface area contributed by atoms with Crippen molar-refractivity contribution < 1.29 is 17.9 Å². The standard InChI is InChI=1S/C13H18FNO3S/c1-9-8-19(17,18)6-5-15(9)13-4-3-11(14)7-12(13)10(2)16/h3-4,7,9-10,16H,5-6,8H2,1-2H3. The monoisotopic (exact) mass is 287 g/mol. The number of sulfone groups is 1. The molecule has 6 heteroatoms. The Hall–Kier alpha value is -1.14.